The monoisotopic (exact) mass is 280 g/mol. The second-order valence-electron chi connectivity index (χ2n) is 3.81. The van der Waals surface area contributed by atoms with Crippen molar-refractivity contribution >= 4 is 33.4 Å². The summed E-state index contributed by atoms with van der Waals surface area (Å²) < 4.78 is 6.52. The molecule has 0 spiro atoms. The molecule has 0 saturated carbocycles. The second kappa shape index (κ2) is 3.31. The van der Waals surface area contributed by atoms with Crippen molar-refractivity contribution in [2.24, 2.45) is 4.99 Å². The summed E-state index contributed by atoms with van der Waals surface area (Å²) >= 11 is 3.39. The maximum atomic E-state index is 11.5. The molecule has 3 rings (SSSR count). The van der Waals surface area contributed by atoms with Crippen molar-refractivity contribution in [1.29, 1.82) is 0 Å². The molecule has 5 heteroatoms. The standard InChI is InChI=1S/C11H9BrN2O2/c1-6-11(15)13-10-5-16-9-4-7(12)2-3-8(9)14(6)10/h2-4,6H,5H2,1H3/t6-/m1/s1. The zero-order chi connectivity index (χ0) is 11.3. The van der Waals surface area contributed by atoms with Crippen LogP contribution in [0.1, 0.15) is 6.92 Å². The molecule has 1 aromatic carbocycles. The van der Waals surface area contributed by atoms with Crippen LogP contribution in [-0.4, -0.2) is 24.4 Å². The van der Waals surface area contributed by atoms with E-state index in [-0.39, 0.29) is 11.9 Å². The average Bonchev–Trinajstić information content (AvgIpc) is 2.55. The molecule has 16 heavy (non-hydrogen) atoms. The van der Waals surface area contributed by atoms with Crippen molar-refractivity contribution < 1.29 is 9.53 Å². The van der Waals surface area contributed by atoms with Crippen molar-refractivity contribution in [3.63, 3.8) is 0 Å². The van der Waals surface area contributed by atoms with E-state index in [0.717, 1.165) is 15.9 Å². The molecular weight excluding hydrogens is 272 g/mol. The number of carbonyl (C=O) groups is 1. The SMILES string of the molecule is C[C@@H]1C(=O)N=C2COc3cc(Br)ccc3N21. The summed E-state index contributed by atoms with van der Waals surface area (Å²) in [6.07, 6.45) is 0. The zero-order valence-electron chi connectivity index (χ0n) is 8.61. The van der Waals surface area contributed by atoms with Gasteiger partial charge in [-0.15, -0.1) is 0 Å². The van der Waals surface area contributed by atoms with Gasteiger partial charge in [-0.05, 0) is 25.1 Å². The minimum absolute atomic E-state index is 0.102. The van der Waals surface area contributed by atoms with Crippen LogP contribution in [0.15, 0.2) is 27.7 Å². The third kappa shape index (κ3) is 1.28. The number of rotatable bonds is 0. The van der Waals surface area contributed by atoms with Gasteiger partial charge in [0.1, 0.15) is 18.4 Å². The van der Waals surface area contributed by atoms with Crippen molar-refractivity contribution in [2.75, 3.05) is 11.5 Å². The minimum Gasteiger partial charge on any atom is -0.483 e. The first-order valence-corrected chi connectivity index (χ1v) is 5.79. The first-order chi connectivity index (χ1) is 7.66. The number of benzene rings is 1. The van der Waals surface area contributed by atoms with Crippen LogP contribution in [0.4, 0.5) is 5.69 Å². The summed E-state index contributed by atoms with van der Waals surface area (Å²) in [6, 6.07) is 5.55. The van der Waals surface area contributed by atoms with Gasteiger partial charge in [-0.3, -0.25) is 4.79 Å². The lowest BCUT2D eigenvalue weighted by Gasteiger charge is -2.30. The van der Waals surface area contributed by atoms with E-state index in [1.807, 2.05) is 30.0 Å². The van der Waals surface area contributed by atoms with E-state index < -0.39 is 0 Å². The summed E-state index contributed by atoms with van der Waals surface area (Å²) in [5.74, 6) is 1.39. The van der Waals surface area contributed by atoms with Gasteiger partial charge in [0.2, 0.25) is 0 Å². The number of amides is 1. The Morgan fingerprint density at radius 3 is 3.19 bits per heavy atom. The van der Waals surface area contributed by atoms with Crippen LogP contribution in [0, 0.1) is 0 Å². The predicted molar refractivity (Wildman–Crippen MR) is 64.0 cm³/mol. The number of hydrogen-bond acceptors (Lipinski definition) is 3. The van der Waals surface area contributed by atoms with Gasteiger partial charge in [0.25, 0.3) is 5.91 Å². The third-order valence-corrected chi connectivity index (χ3v) is 3.29. The van der Waals surface area contributed by atoms with Crippen LogP contribution in [0.2, 0.25) is 0 Å². The number of hydrogen-bond donors (Lipinski definition) is 0. The van der Waals surface area contributed by atoms with Crippen LogP contribution in [0.5, 0.6) is 5.75 Å². The third-order valence-electron chi connectivity index (χ3n) is 2.80. The molecule has 1 aromatic rings. The smallest absolute Gasteiger partial charge is 0.270 e. The van der Waals surface area contributed by atoms with Crippen LogP contribution in [-0.2, 0) is 4.79 Å². The molecule has 1 atom stereocenters. The molecular formula is C11H9BrN2O2. The lowest BCUT2D eigenvalue weighted by molar-refractivity contribution is -0.117. The largest absolute Gasteiger partial charge is 0.483 e. The van der Waals surface area contributed by atoms with Gasteiger partial charge in [-0.1, -0.05) is 15.9 Å². The fourth-order valence-electron chi connectivity index (χ4n) is 2.00. The predicted octanol–water partition coefficient (Wildman–Crippen LogP) is 1.98. The Morgan fingerprint density at radius 1 is 1.56 bits per heavy atom. The molecule has 0 fully saturated rings. The Balaban J connectivity index is 2.13. The normalized spacial score (nSPS) is 22.4. The number of ether oxygens (including phenoxy) is 1. The second-order valence-corrected chi connectivity index (χ2v) is 4.73. The van der Waals surface area contributed by atoms with E-state index in [1.165, 1.54) is 0 Å². The van der Waals surface area contributed by atoms with E-state index in [1.54, 1.807) is 0 Å². The molecule has 0 aliphatic carbocycles. The van der Waals surface area contributed by atoms with Crippen LogP contribution in [0.3, 0.4) is 0 Å². The van der Waals surface area contributed by atoms with Gasteiger partial charge in [0, 0.05) is 4.47 Å². The molecule has 4 nitrogen and oxygen atoms in total. The number of amidine groups is 1. The van der Waals surface area contributed by atoms with Gasteiger partial charge < -0.3 is 9.64 Å². The van der Waals surface area contributed by atoms with Crippen molar-refractivity contribution in [3.8, 4) is 5.75 Å². The molecule has 1 amide bonds. The molecule has 2 aliphatic heterocycles. The van der Waals surface area contributed by atoms with Gasteiger partial charge >= 0.3 is 0 Å². The zero-order valence-corrected chi connectivity index (χ0v) is 10.2. The van der Waals surface area contributed by atoms with E-state index >= 15 is 0 Å². The molecule has 0 radical (unpaired) electrons. The van der Waals surface area contributed by atoms with E-state index in [4.69, 9.17) is 4.74 Å². The quantitative estimate of drug-likeness (QED) is 0.730. The first-order valence-electron chi connectivity index (χ1n) is 5.00. The lowest BCUT2D eigenvalue weighted by Crippen LogP contribution is -2.41. The number of nitrogens with zero attached hydrogens (tertiary/aromatic N) is 2. The van der Waals surface area contributed by atoms with Crippen molar-refractivity contribution in [3.05, 3.63) is 22.7 Å². The highest BCUT2D eigenvalue weighted by molar-refractivity contribution is 9.10. The fraction of sp³-hybridized carbons (Fsp3) is 0.273. The van der Waals surface area contributed by atoms with Crippen molar-refractivity contribution in [2.45, 2.75) is 13.0 Å². The highest BCUT2D eigenvalue weighted by Crippen LogP contribution is 2.37. The molecule has 2 heterocycles. The first kappa shape index (κ1) is 9.84. The van der Waals surface area contributed by atoms with Gasteiger partial charge in [0.05, 0.1) is 5.69 Å². The molecule has 0 saturated heterocycles. The Kier molecular flexibility index (Phi) is 2.04. The molecule has 0 aromatic heterocycles. The molecule has 0 unspecified atom stereocenters. The summed E-state index contributed by atoms with van der Waals surface area (Å²) in [7, 11) is 0. The summed E-state index contributed by atoms with van der Waals surface area (Å²) in [5.41, 5.74) is 0.909. The number of carbonyl (C=O) groups excluding carboxylic acids is 1. The van der Waals surface area contributed by atoms with Crippen LogP contribution >= 0.6 is 15.9 Å². The van der Waals surface area contributed by atoms with Gasteiger partial charge in [-0.2, -0.15) is 4.99 Å². The van der Waals surface area contributed by atoms with Gasteiger partial charge in [0.15, 0.2) is 5.84 Å². The molecule has 0 bridgehead atoms. The topological polar surface area (TPSA) is 41.9 Å². The van der Waals surface area contributed by atoms with Gasteiger partial charge in [-0.25, -0.2) is 0 Å². The number of halogens is 1. The fourth-order valence-corrected chi connectivity index (χ4v) is 2.34. The van der Waals surface area contributed by atoms with Crippen LogP contribution in [0.25, 0.3) is 0 Å². The van der Waals surface area contributed by atoms with E-state index in [9.17, 15) is 4.79 Å². The number of aliphatic imine (C=N–C) groups is 1. The Bertz CT molecular complexity index is 513. The summed E-state index contributed by atoms with van der Waals surface area (Å²) in [4.78, 5) is 17.4. The maximum absolute atomic E-state index is 11.5. The summed E-state index contributed by atoms with van der Waals surface area (Å²) in [6.45, 7) is 2.22. The summed E-state index contributed by atoms with van der Waals surface area (Å²) in [5, 5.41) is 0. The molecule has 0 N–H and O–H groups in total. The number of fused-ring (bicyclic) bond motifs is 3. The maximum Gasteiger partial charge on any atom is 0.270 e. The Morgan fingerprint density at radius 2 is 2.38 bits per heavy atom. The molecule has 82 valence electrons. The Labute approximate surface area is 101 Å². The number of anilines is 1. The Hall–Kier alpha value is -1.36. The van der Waals surface area contributed by atoms with Crippen molar-refractivity contribution in [1.82, 2.24) is 0 Å². The average molecular weight is 281 g/mol. The van der Waals surface area contributed by atoms with E-state index in [2.05, 4.69) is 20.9 Å². The highest BCUT2D eigenvalue weighted by atomic mass is 79.9. The van der Waals surface area contributed by atoms with E-state index in [0.29, 0.717) is 12.4 Å². The lowest BCUT2D eigenvalue weighted by atomic mass is 10.2. The minimum atomic E-state index is -0.223. The van der Waals surface area contributed by atoms with Crippen LogP contribution < -0.4 is 9.64 Å². The molecule has 2 aliphatic rings. The highest BCUT2D eigenvalue weighted by Gasteiger charge is 2.37.